The molecule has 3 heteroatoms. The van der Waals surface area contributed by atoms with Gasteiger partial charge < -0.3 is 5.73 Å². The van der Waals surface area contributed by atoms with Gasteiger partial charge in [0.05, 0.1) is 0 Å². The highest BCUT2D eigenvalue weighted by Crippen LogP contribution is 2.31. The van der Waals surface area contributed by atoms with Gasteiger partial charge >= 0.3 is 0 Å². The Morgan fingerprint density at radius 3 is 2.74 bits per heavy atom. The van der Waals surface area contributed by atoms with E-state index in [2.05, 4.69) is 18.7 Å². The normalized spacial score (nSPS) is 26.3. The molecule has 1 aromatic rings. The molecule has 0 amide bonds. The Hall–Kier alpha value is -0.930. The molecule has 106 valence electrons. The zero-order valence-corrected chi connectivity index (χ0v) is 12.0. The molecular formula is C16H25FN2. The lowest BCUT2D eigenvalue weighted by atomic mass is 9.88. The maximum Gasteiger partial charge on any atom is 0.127 e. The molecule has 1 saturated heterocycles. The van der Waals surface area contributed by atoms with Crippen LogP contribution in [-0.2, 0) is 0 Å². The number of benzene rings is 1. The predicted molar refractivity (Wildman–Crippen MR) is 77.4 cm³/mol. The van der Waals surface area contributed by atoms with Crippen LogP contribution in [0.5, 0.6) is 0 Å². The Morgan fingerprint density at radius 1 is 1.37 bits per heavy atom. The molecule has 2 N–H and O–H groups in total. The summed E-state index contributed by atoms with van der Waals surface area (Å²) in [4.78, 5) is 2.41. The van der Waals surface area contributed by atoms with E-state index in [1.54, 1.807) is 12.1 Å². The molecule has 0 aliphatic carbocycles. The molecule has 0 saturated carbocycles. The summed E-state index contributed by atoms with van der Waals surface area (Å²) in [5.74, 6) is 0.451. The van der Waals surface area contributed by atoms with E-state index < -0.39 is 0 Å². The van der Waals surface area contributed by atoms with Crippen molar-refractivity contribution in [2.75, 3.05) is 13.1 Å². The van der Waals surface area contributed by atoms with Crippen molar-refractivity contribution >= 4 is 0 Å². The van der Waals surface area contributed by atoms with Gasteiger partial charge in [-0.3, -0.25) is 4.90 Å². The minimum Gasteiger partial charge on any atom is -0.327 e. The molecule has 0 spiro atoms. The van der Waals surface area contributed by atoms with Crippen molar-refractivity contribution in [3.63, 3.8) is 0 Å². The quantitative estimate of drug-likeness (QED) is 0.903. The lowest BCUT2D eigenvalue weighted by Gasteiger charge is -2.41. The molecule has 1 aliphatic rings. The largest absolute Gasteiger partial charge is 0.327 e. The van der Waals surface area contributed by atoms with Gasteiger partial charge in [-0.05, 0) is 24.8 Å². The third-order valence-electron chi connectivity index (χ3n) is 4.44. The van der Waals surface area contributed by atoms with E-state index in [9.17, 15) is 4.39 Å². The maximum atomic E-state index is 14.0. The first-order valence-corrected chi connectivity index (χ1v) is 7.41. The average Bonchev–Trinajstić information content (AvgIpc) is 2.43. The molecule has 3 unspecified atom stereocenters. The van der Waals surface area contributed by atoms with Crippen LogP contribution >= 0.6 is 0 Å². The third-order valence-corrected chi connectivity index (χ3v) is 4.44. The van der Waals surface area contributed by atoms with E-state index >= 15 is 0 Å². The van der Waals surface area contributed by atoms with Crippen molar-refractivity contribution < 1.29 is 4.39 Å². The van der Waals surface area contributed by atoms with Gasteiger partial charge in [0, 0.05) is 30.7 Å². The second-order valence-corrected chi connectivity index (χ2v) is 5.56. The first-order valence-electron chi connectivity index (χ1n) is 7.41. The van der Waals surface area contributed by atoms with E-state index in [1.165, 1.54) is 0 Å². The average molecular weight is 264 g/mol. The fourth-order valence-electron chi connectivity index (χ4n) is 3.21. The van der Waals surface area contributed by atoms with Crippen LogP contribution in [0.3, 0.4) is 0 Å². The van der Waals surface area contributed by atoms with Crippen LogP contribution in [0.2, 0.25) is 0 Å². The van der Waals surface area contributed by atoms with Gasteiger partial charge in [-0.25, -0.2) is 4.39 Å². The number of halogens is 1. The van der Waals surface area contributed by atoms with Crippen molar-refractivity contribution in [1.82, 2.24) is 4.90 Å². The molecule has 19 heavy (non-hydrogen) atoms. The number of nitrogens with two attached hydrogens (primary N) is 1. The fraction of sp³-hybridized carbons (Fsp3) is 0.625. The Balaban J connectivity index is 2.16. The summed E-state index contributed by atoms with van der Waals surface area (Å²) in [6.45, 7) is 6.29. The smallest absolute Gasteiger partial charge is 0.127 e. The first kappa shape index (κ1) is 14.5. The van der Waals surface area contributed by atoms with Gasteiger partial charge in [0.2, 0.25) is 0 Å². The van der Waals surface area contributed by atoms with E-state index in [-0.39, 0.29) is 11.9 Å². The first-order chi connectivity index (χ1) is 9.17. The van der Waals surface area contributed by atoms with Gasteiger partial charge in [-0.15, -0.1) is 0 Å². The summed E-state index contributed by atoms with van der Waals surface area (Å²) in [6, 6.07) is 7.65. The molecule has 0 bridgehead atoms. The molecule has 2 nitrogen and oxygen atoms in total. The van der Waals surface area contributed by atoms with Crippen LogP contribution in [-0.4, -0.2) is 24.0 Å². The second kappa shape index (κ2) is 6.49. The van der Waals surface area contributed by atoms with Crippen LogP contribution in [0.15, 0.2) is 24.3 Å². The highest BCUT2D eigenvalue weighted by molar-refractivity contribution is 5.21. The minimum absolute atomic E-state index is 0.0859. The van der Waals surface area contributed by atoms with Crippen LogP contribution in [0, 0.1) is 11.7 Å². The van der Waals surface area contributed by atoms with Crippen LogP contribution < -0.4 is 5.73 Å². The van der Waals surface area contributed by atoms with Gasteiger partial charge in [-0.2, -0.15) is 0 Å². The van der Waals surface area contributed by atoms with E-state index in [0.717, 1.165) is 37.9 Å². The van der Waals surface area contributed by atoms with Crippen molar-refractivity contribution in [3.05, 3.63) is 35.6 Å². The SMILES string of the molecule is CCC1CN(C(CC)c2ccccc2F)CCC1N. The third kappa shape index (κ3) is 3.15. The Bertz CT molecular complexity index is 407. The molecule has 2 rings (SSSR count). The number of likely N-dealkylation sites (tertiary alicyclic amines) is 1. The van der Waals surface area contributed by atoms with Gasteiger partial charge in [0.25, 0.3) is 0 Å². The monoisotopic (exact) mass is 264 g/mol. The Kier molecular flexibility index (Phi) is 4.94. The molecule has 1 aromatic carbocycles. The zero-order valence-electron chi connectivity index (χ0n) is 12.0. The summed E-state index contributed by atoms with van der Waals surface area (Å²) < 4.78 is 14.0. The molecule has 1 heterocycles. The van der Waals surface area contributed by atoms with Crippen molar-refractivity contribution in [2.45, 2.75) is 45.2 Å². The molecule has 3 atom stereocenters. The Morgan fingerprint density at radius 2 is 2.11 bits per heavy atom. The lowest BCUT2D eigenvalue weighted by molar-refractivity contribution is 0.102. The summed E-state index contributed by atoms with van der Waals surface area (Å²) in [5.41, 5.74) is 6.99. The summed E-state index contributed by atoms with van der Waals surface area (Å²) in [7, 11) is 0. The highest BCUT2D eigenvalue weighted by Gasteiger charge is 2.30. The number of rotatable bonds is 4. The second-order valence-electron chi connectivity index (χ2n) is 5.56. The lowest BCUT2D eigenvalue weighted by Crippen LogP contribution is -2.48. The summed E-state index contributed by atoms with van der Waals surface area (Å²) >= 11 is 0. The zero-order chi connectivity index (χ0) is 13.8. The molecule has 0 radical (unpaired) electrons. The van der Waals surface area contributed by atoms with Crippen molar-refractivity contribution in [1.29, 1.82) is 0 Å². The number of piperidine rings is 1. The number of hydrogen-bond acceptors (Lipinski definition) is 2. The number of nitrogens with zero attached hydrogens (tertiary/aromatic N) is 1. The van der Waals surface area contributed by atoms with Crippen LogP contribution in [0.4, 0.5) is 4.39 Å². The van der Waals surface area contributed by atoms with Gasteiger partial charge in [-0.1, -0.05) is 38.5 Å². The number of hydrogen-bond donors (Lipinski definition) is 1. The standard InChI is InChI=1S/C16H25FN2/c1-3-12-11-19(10-9-15(12)18)16(4-2)13-7-5-6-8-14(13)17/h5-8,12,15-16H,3-4,9-11,18H2,1-2H3. The highest BCUT2D eigenvalue weighted by atomic mass is 19.1. The molecule has 0 aromatic heterocycles. The molecular weight excluding hydrogens is 239 g/mol. The molecule has 1 aliphatic heterocycles. The van der Waals surface area contributed by atoms with Gasteiger partial charge in [0.1, 0.15) is 5.82 Å². The maximum absolute atomic E-state index is 14.0. The Labute approximate surface area is 115 Å². The topological polar surface area (TPSA) is 29.3 Å². The van der Waals surface area contributed by atoms with Gasteiger partial charge in [0.15, 0.2) is 0 Å². The van der Waals surface area contributed by atoms with Crippen LogP contribution in [0.1, 0.15) is 44.7 Å². The fourth-order valence-corrected chi connectivity index (χ4v) is 3.21. The van der Waals surface area contributed by atoms with Crippen molar-refractivity contribution in [2.24, 2.45) is 11.7 Å². The van der Waals surface area contributed by atoms with E-state index in [1.807, 2.05) is 12.1 Å². The summed E-state index contributed by atoms with van der Waals surface area (Å²) in [5, 5.41) is 0. The van der Waals surface area contributed by atoms with E-state index in [4.69, 9.17) is 5.73 Å². The molecule has 1 fully saturated rings. The van der Waals surface area contributed by atoms with Crippen molar-refractivity contribution in [3.8, 4) is 0 Å². The minimum atomic E-state index is -0.0859. The predicted octanol–water partition coefficient (Wildman–Crippen LogP) is 3.34. The van der Waals surface area contributed by atoms with E-state index in [0.29, 0.717) is 12.0 Å². The summed E-state index contributed by atoms with van der Waals surface area (Å²) in [6.07, 6.45) is 3.06. The van der Waals surface area contributed by atoms with Crippen LogP contribution in [0.25, 0.3) is 0 Å².